The molecule has 0 saturated carbocycles. The molecule has 0 unspecified atom stereocenters. The molecular formula is C17H28N2O. The molecule has 20 heavy (non-hydrogen) atoms. The first-order chi connectivity index (χ1) is 9.32. The molecule has 2 N–H and O–H groups in total. The van der Waals surface area contributed by atoms with Crippen LogP contribution >= 0.6 is 0 Å². The van der Waals surface area contributed by atoms with Crippen LogP contribution in [-0.4, -0.2) is 30.4 Å². The number of rotatable bonds is 6. The highest BCUT2D eigenvalue weighted by Crippen LogP contribution is 2.20. The Bertz CT molecular complexity index is 466. The number of hydrogen-bond donors (Lipinski definition) is 1. The number of benzene rings is 1. The monoisotopic (exact) mass is 276 g/mol. The minimum atomic E-state index is -0.0530. The summed E-state index contributed by atoms with van der Waals surface area (Å²) >= 11 is 0. The number of nitrogens with two attached hydrogens (primary N) is 1. The number of amides is 1. The predicted octanol–water partition coefficient (Wildman–Crippen LogP) is 3.14. The zero-order chi connectivity index (χ0) is 15.3. The Balaban J connectivity index is 3.02. The fourth-order valence-corrected chi connectivity index (χ4v) is 2.26. The van der Waals surface area contributed by atoms with Gasteiger partial charge in [0.25, 0.3) is 5.91 Å². The van der Waals surface area contributed by atoms with E-state index in [9.17, 15) is 4.79 Å². The molecule has 1 rings (SSSR count). The summed E-state index contributed by atoms with van der Waals surface area (Å²) < 4.78 is 0. The molecular weight excluding hydrogens is 248 g/mol. The average Bonchev–Trinajstić information content (AvgIpc) is 2.40. The van der Waals surface area contributed by atoms with E-state index in [1.54, 1.807) is 0 Å². The Kier molecular flexibility index (Phi) is 5.75. The molecule has 0 bridgehead atoms. The average molecular weight is 276 g/mol. The Morgan fingerprint density at radius 1 is 1.30 bits per heavy atom. The lowest BCUT2D eigenvalue weighted by Crippen LogP contribution is -2.42. The van der Waals surface area contributed by atoms with Gasteiger partial charge in [-0.25, -0.2) is 0 Å². The van der Waals surface area contributed by atoms with E-state index < -0.39 is 0 Å². The summed E-state index contributed by atoms with van der Waals surface area (Å²) in [7, 11) is 0. The minimum Gasteiger partial charge on any atom is -0.338 e. The van der Waals surface area contributed by atoms with Crippen LogP contribution in [0.5, 0.6) is 0 Å². The number of hydrogen-bond acceptors (Lipinski definition) is 2. The standard InChI is InChI=1S/C17H28N2O/c1-6-10-19(12-17(4,5)11-18)16(20)15-9-7-8-13(2)14(15)3/h7-9H,6,10-12,18H2,1-5H3. The lowest BCUT2D eigenvalue weighted by molar-refractivity contribution is 0.0688. The lowest BCUT2D eigenvalue weighted by atomic mass is 9.92. The van der Waals surface area contributed by atoms with E-state index in [0.29, 0.717) is 13.1 Å². The second kappa shape index (κ2) is 6.89. The van der Waals surface area contributed by atoms with Gasteiger partial charge in [-0.2, -0.15) is 0 Å². The van der Waals surface area contributed by atoms with Crippen LogP contribution in [0, 0.1) is 19.3 Å². The van der Waals surface area contributed by atoms with Gasteiger partial charge in [0, 0.05) is 18.7 Å². The van der Waals surface area contributed by atoms with Crippen molar-refractivity contribution in [3.63, 3.8) is 0 Å². The molecule has 0 aliphatic carbocycles. The number of nitrogens with zero attached hydrogens (tertiary/aromatic N) is 1. The van der Waals surface area contributed by atoms with Gasteiger partial charge in [-0.15, -0.1) is 0 Å². The second-order valence-corrected chi connectivity index (χ2v) is 6.34. The van der Waals surface area contributed by atoms with Crippen molar-refractivity contribution >= 4 is 5.91 Å². The fraction of sp³-hybridized carbons (Fsp3) is 0.588. The third-order valence-electron chi connectivity index (χ3n) is 3.79. The van der Waals surface area contributed by atoms with Crippen LogP contribution < -0.4 is 5.73 Å². The van der Waals surface area contributed by atoms with Crippen molar-refractivity contribution in [1.82, 2.24) is 4.90 Å². The first kappa shape index (κ1) is 16.7. The number of carbonyl (C=O) groups is 1. The SMILES string of the molecule is CCCN(CC(C)(C)CN)C(=O)c1cccc(C)c1C. The van der Waals surface area contributed by atoms with Gasteiger partial charge in [-0.3, -0.25) is 4.79 Å². The van der Waals surface area contributed by atoms with Crippen LogP contribution in [0.1, 0.15) is 48.7 Å². The number of aryl methyl sites for hydroxylation is 1. The summed E-state index contributed by atoms with van der Waals surface area (Å²) in [6, 6.07) is 5.91. The smallest absolute Gasteiger partial charge is 0.254 e. The molecule has 1 amide bonds. The first-order valence-electron chi connectivity index (χ1n) is 7.38. The second-order valence-electron chi connectivity index (χ2n) is 6.34. The summed E-state index contributed by atoms with van der Waals surface area (Å²) in [5.74, 6) is 0.120. The molecule has 0 aliphatic rings. The van der Waals surface area contributed by atoms with E-state index in [-0.39, 0.29) is 11.3 Å². The fourth-order valence-electron chi connectivity index (χ4n) is 2.26. The quantitative estimate of drug-likeness (QED) is 0.867. The Hall–Kier alpha value is -1.35. The molecule has 1 aromatic rings. The van der Waals surface area contributed by atoms with E-state index in [1.807, 2.05) is 36.9 Å². The third kappa shape index (κ3) is 4.07. The molecule has 3 heteroatoms. The van der Waals surface area contributed by atoms with Gasteiger partial charge in [0.1, 0.15) is 0 Å². The van der Waals surface area contributed by atoms with Gasteiger partial charge < -0.3 is 10.6 Å². The Morgan fingerprint density at radius 3 is 2.50 bits per heavy atom. The summed E-state index contributed by atoms with van der Waals surface area (Å²) in [5, 5.41) is 0. The molecule has 0 aliphatic heterocycles. The lowest BCUT2D eigenvalue weighted by Gasteiger charge is -2.32. The van der Waals surface area contributed by atoms with E-state index in [0.717, 1.165) is 29.7 Å². The normalized spacial score (nSPS) is 11.5. The Morgan fingerprint density at radius 2 is 1.95 bits per heavy atom. The van der Waals surface area contributed by atoms with E-state index >= 15 is 0 Å². The van der Waals surface area contributed by atoms with Crippen LogP contribution in [0.2, 0.25) is 0 Å². The van der Waals surface area contributed by atoms with Crippen molar-refractivity contribution in [3.05, 3.63) is 34.9 Å². The van der Waals surface area contributed by atoms with Crippen molar-refractivity contribution in [2.24, 2.45) is 11.1 Å². The maximum Gasteiger partial charge on any atom is 0.254 e. The minimum absolute atomic E-state index is 0.0530. The van der Waals surface area contributed by atoms with Crippen LogP contribution in [0.4, 0.5) is 0 Å². The van der Waals surface area contributed by atoms with Crippen molar-refractivity contribution in [2.45, 2.75) is 41.0 Å². The van der Waals surface area contributed by atoms with Gasteiger partial charge in [-0.05, 0) is 49.4 Å². The van der Waals surface area contributed by atoms with Crippen molar-refractivity contribution in [2.75, 3.05) is 19.6 Å². The van der Waals surface area contributed by atoms with Crippen molar-refractivity contribution in [3.8, 4) is 0 Å². The summed E-state index contributed by atoms with van der Waals surface area (Å²) in [6.45, 7) is 12.4. The molecule has 0 radical (unpaired) electrons. The highest BCUT2D eigenvalue weighted by Gasteiger charge is 2.25. The summed E-state index contributed by atoms with van der Waals surface area (Å²) in [5.41, 5.74) is 8.80. The molecule has 3 nitrogen and oxygen atoms in total. The highest BCUT2D eigenvalue weighted by molar-refractivity contribution is 5.96. The maximum absolute atomic E-state index is 12.8. The zero-order valence-corrected chi connectivity index (χ0v) is 13.5. The van der Waals surface area contributed by atoms with Crippen LogP contribution in [0.3, 0.4) is 0 Å². The molecule has 0 aromatic heterocycles. The summed E-state index contributed by atoms with van der Waals surface area (Å²) in [6.07, 6.45) is 0.956. The third-order valence-corrected chi connectivity index (χ3v) is 3.79. The molecule has 1 aromatic carbocycles. The van der Waals surface area contributed by atoms with Crippen LogP contribution in [0.15, 0.2) is 18.2 Å². The van der Waals surface area contributed by atoms with Gasteiger partial charge >= 0.3 is 0 Å². The molecule has 0 saturated heterocycles. The van der Waals surface area contributed by atoms with E-state index in [1.165, 1.54) is 0 Å². The van der Waals surface area contributed by atoms with Gasteiger partial charge in [0.05, 0.1) is 0 Å². The summed E-state index contributed by atoms with van der Waals surface area (Å²) in [4.78, 5) is 14.7. The number of carbonyl (C=O) groups excluding carboxylic acids is 1. The van der Waals surface area contributed by atoms with Crippen molar-refractivity contribution < 1.29 is 4.79 Å². The topological polar surface area (TPSA) is 46.3 Å². The zero-order valence-electron chi connectivity index (χ0n) is 13.5. The van der Waals surface area contributed by atoms with Crippen molar-refractivity contribution in [1.29, 1.82) is 0 Å². The van der Waals surface area contributed by atoms with E-state index in [2.05, 4.69) is 20.8 Å². The maximum atomic E-state index is 12.8. The predicted molar refractivity (Wildman–Crippen MR) is 84.9 cm³/mol. The first-order valence-corrected chi connectivity index (χ1v) is 7.38. The van der Waals surface area contributed by atoms with Gasteiger partial charge in [-0.1, -0.05) is 32.9 Å². The van der Waals surface area contributed by atoms with Gasteiger partial charge in [0.2, 0.25) is 0 Å². The van der Waals surface area contributed by atoms with Crippen LogP contribution in [0.25, 0.3) is 0 Å². The van der Waals surface area contributed by atoms with E-state index in [4.69, 9.17) is 5.73 Å². The molecule has 0 fully saturated rings. The largest absolute Gasteiger partial charge is 0.338 e. The Labute approximate surface area is 123 Å². The molecule has 0 spiro atoms. The van der Waals surface area contributed by atoms with Crippen LogP contribution in [-0.2, 0) is 0 Å². The van der Waals surface area contributed by atoms with Gasteiger partial charge in [0.15, 0.2) is 0 Å². The highest BCUT2D eigenvalue weighted by atomic mass is 16.2. The molecule has 0 heterocycles. The molecule has 112 valence electrons. The molecule has 0 atom stereocenters.